The molecule has 1 aromatic heterocycles. The van der Waals surface area contributed by atoms with Crippen LogP contribution in [0.25, 0.3) is 5.69 Å². The van der Waals surface area contributed by atoms with Crippen LogP contribution in [0.5, 0.6) is 0 Å². The summed E-state index contributed by atoms with van der Waals surface area (Å²) in [6.07, 6.45) is -3.07. The molecule has 0 atom stereocenters. The minimum atomic E-state index is -3.07. The van der Waals surface area contributed by atoms with Crippen LogP contribution < -0.4 is 0 Å². The Kier molecular flexibility index (Phi) is 3.71. The molecule has 0 radical (unpaired) electrons. The van der Waals surface area contributed by atoms with Crippen molar-refractivity contribution < 1.29 is 13.7 Å². The van der Waals surface area contributed by atoms with Crippen LogP contribution in [-0.4, -0.2) is 14.7 Å². The second kappa shape index (κ2) is 5.16. The fourth-order valence-electron chi connectivity index (χ4n) is 1.92. The summed E-state index contributed by atoms with van der Waals surface area (Å²) in [7, 11) is 0. The van der Waals surface area contributed by atoms with E-state index in [9.17, 15) is 18.9 Å². The lowest BCUT2D eigenvalue weighted by Gasteiger charge is -2.07. The van der Waals surface area contributed by atoms with Crippen molar-refractivity contribution in [2.45, 2.75) is 20.3 Å². The van der Waals surface area contributed by atoms with Gasteiger partial charge >= 0.3 is 5.69 Å². The second-order valence-electron chi connectivity index (χ2n) is 4.28. The Labute approximate surface area is 117 Å². The number of aryl methyl sites for hydroxylation is 2. The van der Waals surface area contributed by atoms with Crippen LogP contribution in [-0.2, 0) is 0 Å². The van der Waals surface area contributed by atoms with Crippen molar-refractivity contribution in [3.8, 4) is 5.69 Å². The molecule has 2 aromatic rings. The fourth-order valence-corrected chi connectivity index (χ4v) is 2.22. The van der Waals surface area contributed by atoms with Crippen LogP contribution in [0.2, 0.25) is 5.15 Å². The van der Waals surface area contributed by atoms with Crippen molar-refractivity contribution in [2.24, 2.45) is 0 Å². The topological polar surface area (TPSA) is 61.0 Å². The molecule has 0 amide bonds. The van der Waals surface area contributed by atoms with Gasteiger partial charge in [-0.25, -0.2) is 13.5 Å². The molecule has 1 aromatic carbocycles. The Bertz CT molecular complexity index is 686. The van der Waals surface area contributed by atoms with Gasteiger partial charge in [0.05, 0.1) is 10.6 Å². The molecule has 106 valence electrons. The Morgan fingerprint density at radius 3 is 2.50 bits per heavy atom. The van der Waals surface area contributed by atoms with E-state index in [2.05, 4.69) is 5.10 Å². The van der Waals surface area contributed by atoms with Gasteiger partial charge in [0.25, 0.3) is 6.43 Å². The first-order valence-electron chi connectivity index (χ1n) is 5.61. The van der Waals surface area contributed by atoms with Crippen molar-refractivity contribution >= 4 is 17.3 Å². The van der Waals surface area contributed by atoms with E-state index in [0.717, 1.165) is 15.8 Å². The van der Waals surface area contributed by atoms with E-state index in [1.54, 1.807) is 25.1 Å². The van der Waals surface area contributed by atoms with Gasteiger partial charge in [0.15, 0.2) is 0 Å². The number of benzene rings is 1. The monoisotopic (exact) mass is 301 g/mol. The molecule has 0 aliphatic carbocycles. The van der Waals surface area contributed by atoms with Crippen molar-refractivity contribution in [1.82, 2.24) is 9.78 Å². The Morgan fingerprint density at radius 1 is 1.40 bits per heavy atom. The van der Waals surface area contributed by atoms with Crippen molar-refractivity contribution in [2.75, 3.05) is 0 Å². The maximum Gasteiger partial charge on any atom is 0.335 e. The first-order valence-corrected chi connectivity index (χ1v) is 5.99. The number of hydrogen-bond donors (Lipinski definition) is 0. The van der Waals surface area contributed by atoms with Crippen LogP contribution in [0.3, 0.4) is 0 Å². The Balaban J connectivity index is 2.69. The Hall–Kier alpha value is -2.02. The predicted molar refractivity (Wildman–Crippen MR) is 69.7 cm³/mol. The summed E-state index contributed by atoms with van der Waals surface area (Å²) in [5.74, 6) is 0. The molecule has 5 nitrogen and oxygen atoms in total. The summed E-state index contributed by atoms with van der Waals surface area (Å²) in [6, 6.07) is 5.18. The molecule has 0 aliphatic heterocycles. The van der Waals surface area contributed by atoms with Gasteiger partial charge in [-0.1, -0.05) is 29.3 Å². The number of nitro groups is 1. The highest BCUT2D eigenvalue weighted by Gasteiger charge is 2.32. The van der Waals surface area contributed by atoms with Gasteiger partial charge in [-0.15, -0.1) is 0 Å². The summed E-state index contributed by atoms with van der Waals surface area (Å²) in [6.45, 7) is 3.61. The molecule has 0 N–H and O–H groups in total. The maximum atomic E-state index is 12.8. The molecule has 0 aliphatic rings. The second-order valence-corrected chi connectivity index (χ2v) is 4.64. The van der Waals surface area contributed by atoms with Gasteiger partial charge in [0, 0.05) is 0 Å². The van der Waals surface area contributed by atoms with Crippen LogP contribution >= 0.6 is 11.6 Å². The zero-order valence-corrected chi connectivity index (χ0v) is 11.4. The van der Waals surface area contributed by atoms with E-state index in [4.69, 9.17) is 11.6 Å². The maximum absolute atomic E-state index is 12.8. The minimum absolute atomic E-state index is 0.426. The Morgan fingerprint density at radius 2 is 2.05 bits per heavy atom. The summed E-state index contributed by atoms with van der Waals surface area (Å²) in [4.78, 5) is 9.92. The third-order valence-corrected chi connectivity index (χ3v) is 3.14. The fraction of sp³-hybridized carbons (Fsp3) is 0.250. The lowest BCUT2D eigenvalue weighted by atomic mass is 10.1. The molecule has 0 fully saturated rings. The highest BCUT2D eigenvalue weighted by Crippen LogP contribution is 2.36. The van der Waals surface area contributed by atoms with Gasteiger partial charge in [-0.05, 0) is 25.5 Å². The minimum Gasteiger partial charge on any atom is -0.258 e. The van der Waals surface area contributed by atoms with Gasteiger partial charge in [-0.3, -0.25) is 10.1 Å². The van der Waals surface area contributed by atoms with Crippen molar-refractivity contribution in [1.29, 1.82) is 0 Å². The average molecular weight is 302 g/mol. The van der Waals surface area contributed by atoms with Crippen LogP contribution in [0.1, 0.15) is 23.2 Å². The van der Waals surface area contributed by atoms with E-state index >= 15 is 0 Å². The summed E-state index contributed by atoms with van der Waals surface area (Å²) in [5.41, 5.74) is 0.334. The van der Waals surface area contributed by atoms with Crippen molar-refractivity contribution in [3.05, 3.63) is 50.3 Å². The van der Waals surface area contributed by atoms with E-state index in [-0.39, 0.29) is 0 Å². The summed E-state index contributed by atoms with van der Waals surface area (Å²) in [5, 5.41) is 14.0. The molecule has 0 bridgehead atoms. The van der Waals surface area contributed by atoms with Crippen LogP contribution in [0.4, 0.5) is 14.5 Å². The molecule has 2 rings (SSSR count). The lowest BCUT2D eigenvalue weighted by molar-refractivity contribution is -0.386. The smallest absolute Gasteiger partial charge is 0.258 e. The molecule has 8 heteroatoms. The molecular formula is C12H10ClF2N3O2. The number of halogens is 3. The first kappa shape index (κ1) is 14.4. The third kappa shape index (κ3) is 2.36. The molecule has 0 unspecified atom stereocenters. The number of rotatable bonds is 3. The summed E-state index contributed by atoms with van der Waals surface area (Å²) >= 11 is 5.84. The van der Waals surface area contributed by atoms with E-state index in [1.165, 1.54) is 0 Å². The molecular weight excluding hydrogens is 292 g/mol. The highest BCUT2D eigenvalue weighted by molar-refractivity contribution is 6.32. The zero-order chi connectivity index (χ0) is 15.0. The zero-order valence-electron chi connectivity index (χ0n) is 10.6. The molecule has 0 saturated heterocycles. The molecule has 0 spiro atoms. The molecule has 0 saturated carbocycles. The highest BCUT2D eigenvalue weighted by atomic mass is 35.5. The SMILES string of the molecule is Cc1ccc(-n2nc(C(F)F)c([N+](=O)[O-])c2Cl)c(C)c1. The summed E-state index contributed by atoms with van der Waals surface area (Å²) < 4.78 is 26.6. The standard InChI is InChI=1S/C12H10ClF2N3O2/c1-6-3-4-8(7(2)5-6)17-11(13)10(18(19)20)9(16-17)12(14)15/h3-5,12H,1-2H3. The first-order chi connectivity index (χ1) is 9.32. The van der Waals surface area contributed by atoms with Crippen molar-refractivity contribution in [3.63, 3.8) is 0 Å². The average Bonchev–Trinajstić information content (AvgIpc) is 2.67. The van der Waals surface area contributed by atoms with Gasteiger partial charge in [-0.2, -0.15) is 5.10 Å². The lowest BCUT2D eigenvalue weighted by Crippen LogP contribution is -2.00. The molecule has 1 heterocycles. The van der Waals surface area contributed by atoms with Crippen LogP contribution in [0.15, 0.2) is 18.2 Å². The number of alkyl halides is 2. The van der Waals surface area contributed by atoms with E-state index < -0.39 is 27.9 Å². The van der Waals surface area contributed by atoms with E-state index in [0.29, 0.717) is 5.69 Å². The molecule has 20 heavy (non-hydrogen) atoms. The third-order valence-electron chi connectivity index (χ3n) is 2.80. The van der Waals surface area contributed by atoms with Crippen LogP contribution in [0, 0.1) is 24.0 Å². The normalized spacial score (nSPS) is 11.1. The number of hydrogen-bond acceptors (Lipinski definition) is 3. The van der Waals surface area contributed by atoms with E-state index in [1.807, 2.05) is 6.92 Å². The largest absolute Gasteiger partial charge is 0.335 e. The van der Waals surface area contributed by atoms with Gasteiger partial charge < -0.3 is 0 Å². The van der Waals surface area contributed by atoms with Gasteiger partial charge in [0.2, 0.25) is 10.8 Å². The quantitative estimate of drug-likeness (QED) is 0.636. The van der Waals surface area contributed by atoms with Gasteiger partial charge in [0.1, 0.15) is 0 Å². The number of nitrogens with zero attached hydrogens (tertiary/aromatic N) is 3. The number of aromatic nitrogens is 2. The predicted octanol–water partition coefficient (Wildman–Crippen LogP) is 3.99.